The second-order valence-electron chi connectivity index (χ2n) is 3.61. The normalized spacial score (nSPS) is 28.1. The molecule has 0 amide bonds. The zero-order valence-electron chi connectivity index (χ0n) is 8.51. The van der Waals surface area contributed by atoms with Gasteiger partial charge in [0.2, 0.25) is 0 Å². The molecule has 2 rings (SSSR count). The van der Waals surface area contributed by atoms with Crippen molar-refractivity contribution in [1.82, 2.24) is 0 Å². The Bertz CT molecular complexity index is 441. The summed E-state index contributed by atoms with van der Waals surface area (Å²) in [6.07, 6.45) is -5.32. The van der Waals surface area contributed by atoms with Crippen LogP contribution < -0.4 is 0 Å². The molecule has 2 atom stereocenters. The fourth-order valence-electron chi connectivity index (χ4n) is 1.43. The van der Waals surface area contributed by atoms with Gasteiger partial charge in [-0.3, -0.25) is 0 Å². The van der Waals surface area contributed by atoms with Gasteiger partial charge in [-0.05, 0) is 19.1 Å². The van der Waals surface area contributed by atoms with E-state index in [4.69, 9.17) is 0 Å². The molecule has 84 valence electrons. The monoisotopic (exact) mass is 226 g/mol. The summed E-state index contributed by atoms with van der Waals surface area (Å²) in [6, 6.07) is 8.54. The standard InChI is InChI=1S/C12H9F3O/c1-9-11(16-9,12(13,14)15)8-7-10-5-3-2-4-6-10/h2-6,9H,1H3/t9-,11+/m1/s1. The number of rotatable bonds is 0. The van der Waals surface area contributed by atoms with Crippen molar-refractivity contribution in [3.8, 4) is 11.8 Å². The second kappa shape index (κ2) is 3.53. The lowest BCUT2D eigenvalue weighted by Gasteiger charge is -2.09. The molecule has 0 saturated carbocycles. The van der Waals surface area contributed by atoms with Gasteiger partial charge in [0.1, 0.15) is 6.10 Å². The van der Waals surface area contributed by atoms with Crippen LogP contribution in [0.25, 0.3) is 0 Å². The lowest BCUT2D eigenvalue weighted by atomic mass is 10.1. The molecule has 0 spiro atoms. The van der Waals surface area contributed by atoms with Gasteiger partial charge >= 0.3 is 6.18 Å². The van der Waals surface area contributed by atoms with Gasteiger partial charge in [-0.25, -0.2) is 0 Å². The number of halogens is 3. The average molecular weight is 226 g/mol. The highest BCUT2D eigenvalue weighted by Gasteiger charge is 2.71. The molecule has 1 aromatic carbocycles. The molecule has 0 radical (unpaired) electrons. The molecular formula is C12H9F3O. The van der Waals surface area contributed by atoms with Crippen LogP contribution in [0, 0.1) is 11.8 Å². The van der Waals surface area contributed by atoms with Crippen molar-refractivity contribution >= 4 is 0 Å². The van der Waals surface area contributed by atoms with Crippen LogP contribution in [-0.2, 0) is 4.74 Å². The highest BCUT2D eigenvalue weighted by atomic mass is 19.4. The molecule has 1 heterocycles. The van der Waals surface area contributed by atoms with E-state index in [1.54, 1.807) is 30.3 Å². The van der Waals surface area contributed by atoms with Crippen LogP contribution in [0.3, 0.4) is 0 Å². The van der Waals surface area contributed by atoms with Gasteiger partial charge in [0.05, 0.1) is 0 Å². The van der Waals surface area contributed by atoms with Gasteiger partial charge in [0, 0.05) is 5.56 Å². The van der Waals surface area contributed by atoms with Crippen LogP contribution in [0.2, 0.25) is 0 Å². The summed E-state index contributed by atoms with van der Waals surface area (Å²) in [4.78, 5) is 0. The Morgan fingerprint density at radius 3 is 2.25 bits per heavy atom. The van der Waals surface area contributed by atoms with E-state index < -0.39 is 17.9 Å². The fourth-order valence-corrected chi connectivity index (χ4v) is 1.43. The molecule has 4 heteroatoms. The lowest BCUT2D eigenvalue weighted by Crippen LogP contribution is -2.33. The Kier molecular flexibility index (Phi) is 2.43. The van der Waals surface area contributed by atoms with Crippen LogP contribution in [0.1, 0.15) is 12.5 Å². The van der Waals surface area contributed by atoms with Crippen molar-refractivity contribution in [2.45, 2.75) is 24.8 Å². The average Bonchev–Trinajstić information content (AvgIpc) is 2.89. The Balaban J connectivity index is 2.25. The first-order valence-corrected chi connectivity index (χ1v) is 4.78. The SMILES string of the molecule is C[C@H]1O[C@]1(C#Cc1ccccc1)C(F)(F)F. The molecule has 0 N–H and O–H groups in total. The lowest BCUT2D eigenvalue weighted by molar-refractivity contribution is -0.167. The van der Waals surface area contributed by atoms with Crippen LogP contribution in [0.15, 0.2) is 30.3 Å². The zero-order valence-corrected chi connectivity index (χ0v) is 8.51. The molecule has 1 nitrogen and oxygen atoms in total. The first-order chi connectivity index (χ1) is 7.46. The van der Waals surface area contributed by atoms with E-state index in [-0.39, 0.29) is 0 Å². The summed E-state index contributed by atoms with van der Waals surface area (Å²) in [5, 5.41) is 0. The van der Waals surface area contributed by atoms with Gasteiger partial charge in [-0.2, -0.15) is 13.2 Å². The van der Waals surface area contributed by atoms with E-state index in [9.17, 15) is 13.2 Å². The molecule has 0 aliphatic carbocycles. The predicted molar refractivity (Wildman–Crippen MR) is 52.7 cm³/mol. The molecule has 1 saturated heterocycles. The minimum Gasteiger partial charge on any atom is -0.344 e. The minimum absolute atomic E-state index is 0.550. The van der Waals surface area contributed by atoms with Gasteiger partial charge in [0.15, 0.2) is 0 Å². The van der Waals surface area contributed by atoms with Crippen molar-refractivity contribution in [1.29, 1.82) is 0 Å². The maximum Gasteiger partial charge on any atom is 0.431 e. The molecule has 1 aromatic rings. The molecule has 0 bridgehead atoms. The Labute approximate surface area is 91.2 Å². The Morgan fingerprint density at radius 1 is 1.25 bits per heavy atom. The summed E-state index contributed by atoms with van der Waals surface area (Å²) < 4.78 is 42.5. The number of epoxide rings is 1. The number of hydrogen-bond donors (Lipinski definition) is 0. The molecule has 1 fully saturated rings. The third kappa shape index (κ3) is 1.79. The van der Waals surface area contributed by atoms with Crippen LogP contribution in [0.4, 0.5) is 13.2 Å². The van der Waals surface area contributed by atoms with E-state index in [1.807, 2.05) is 0 Å². The third-order valence-corrected chi connectivity index (χ3v) is 2.47. The fraction of sp³-hybridized carbons (Fsp3) is 0.333. The highest BCUT2D eigenvalue weighted by Crippen LogP contribution is 2.48. The number of hydrogen-bond acceptors (Lipinski definition) is 1. The van der Waals surface area contributed by atoms with Gasteiger partial charge in [-0.1, -0.05) is 30.0 Å². The summed E-state index contributed by atoms with van der Waals surface area (Å²) >= 11 is 0. The zero-order chi connectivity index (χ0) is 11.8. The van der Waals surface area contributed by atoms with E-state index in [0.29, 0.717) is 5.56 Å². The van der Waals surface area contributed by atoms with Crippen molar-refractivity contribution in [3.63, 3.8) is 0 Å². The second-order valence-corrected chi connectivity index (χ2v) is 3.61. The number of ether oxygens (including phenoxy) is 1. The molecule has 0 aromatic heterocycles. The summed E-state index contributed by atoms with van der Waals surface area (Å²) in [7, 11) is 0. The minimum atomic E-state index is -4.44. The largest absolute Gasteiger partial charge is 0.431 e. The first-order valence-electron chi connectivity index (χ1n) is 4.78. The Hall–Kier alpha value is -1.47. The molecule has 1 aliphatic rings. The third-order valence-electron chi connectivity index (χ3n) is 2.47. The smallest absolute Gasteiger partial charge is 0.344 e. The number of benzene rings is 1. The first kappa shape index (κ1) is 11.0. The topological polar surface area (TPSA) is 12.5 Å². The van der Waals surface area contributed by atoms with Gasteiger partial charge < -0.3 is 4.74 Å². The van der Waals surface area contributed by atoms with E-state index in [0.717, 1.165) is 0 Å². The van der Waals surface area contributed by atoms with Crippen LogP contribution in [0.5, 0.6) is 0 Å². The van der Waals surface area contributed by atoms with Crippen LogP contribution in [-0.4, -0.2) is 17.9 Å². The highest BCUT2D eigenvalue weighted by molar-refractivity contribution is 5.39. The van der Waals surface area contributed by atoms with E-state index >= 15 is 0 Å². The maximum absolute atomic E-state index is 12.6. The van der Waals surface area contributed by atoms with Crippen molar-refractivity contribution in [2.24, 2.45) is 0 Å². The molecule has 0 unspecified atom stereocenters. The van der Waals surface area contributed by atoms with E-state index in [1.165, 1.54) is 6.92 Å². The summed E-state index contributed by atoms with van der Waals surface area (Å²) in [6.45, 7) is 1.37. The molecule has 16 heavy (non-hydrogen) atoms. The Morgan fingerprint density at radius 2 is 1.81 bits per heavy atom. The van der Waals surface area contributed by atoms with Crippen molar-refractivity contribution in [2.75, 3.05) is 0 Å². The van der Waals surface area contributed by atoms with Crippen molar-refractivity contribution < 1.29 is 17.9 Å². The molecular weight excluding hydrogens is 217 g/mol. The van der Waals surface area contributed by atoms with Crippen molar-refractivity contribution in [3.05, 3.63) is 35.9 Å². The predicted octanol–water partition coefficient (Wildman–Crippen LogP) is 2.76. The van der Waals surface area contributed by atoms with Gasteiger partial charge in [0.25, 0.3) is 5.60 Å². The summed E-state index contributed by atoms with van der Waals surface area (Å²) in [5.74, 6) is 4.67. The van der Waals surface area contributed by atoms with Crippen LogP contribution >= 0.6 is 0 Å². The van der Waals surface area contributed by atoms with Gasteiger partial charge in [-0.15, -0.1) is 0 Å². The summed E-state index contributed by atoms with van der Waals surface area (Å²) in [5.41, 5.74) is -1.71. The molecule has 1 aliphatic heterocycles. The number of alkyl halides is 3. The quantitative estimate of drug-likeness (QED) is 0.489. The maximum atomic E-state index is 12.6. The van der Waals surface area contributed by atoms with E-state index in [2.05, 4.69) is 16.6 Å².